The van der Waals surface area contributed by atoms with Crippen LogP contribution in [-0.4, -0.2) is 75.5 Å². The molecule has 1 saturated heterocycles. The van der Waals surface area contributed by atoms with E-state index in [0.717, 1.165) is 19.4 Å². The van der Waals surface area contributed by atoms with Crippen molar-refractivity contribution >= 4 is 23.9 Å². The van der Waals surface area contributed by atoms with E-state index in [4.69, 9.17) is 31.9 Å². The Balaban J connectivity index is -0.000000306. The fourth-order valence-corrected chi connectivity index (χ4v) is 1.50. The molecule has 166 valence electrons. The summed E-state index contributed by atoms with van der Waals surface area (Å²) in [5.74, 6) is -3.21. The number of carbonyl (C=O) groups is 4. The first-order valence-electron chi connectivity index (χ1n) is 8.60. The van der Waals surface area contributed by atoms with E-state index in [2.05, 4.69) is 11.1 Å². The first-order valence-corrected chi connectivity index (χ1v) is 8.60. The maximum absolute atomic E-state index is 10.1. The van der Waals surface area contributed by atoms with Gasteiger partial charge in [-0.05, 0) is 38.6 Å². The quantitative estimate of drug-likeness (QED) is 0.255. The molecule has 0 aromatic rings. The van der Waals surface area contributed by atoms with Crippen LogP contribution >= 0.6 is 0 Å². The minimum atomic E-state index is -0.968. The second-order valence-corrected chi connectivity index (χ2v) is 6.29. The summed E-state index contributed by atoms with van der Waals surface area (Å²) in [6.45, 7) is 5.89. The van der Waals surface area contributed by atoms with E-state index in [0.29, 0.717) is 12.3 Å². The van der Waals surface area contributed by atoms with Gasteiger partial charge < -0.3 is 42.9 Å². The van der Waals surface area contributed by atoms with Crippen molar-refractivity contribution in [2.75, 3.05) is 13.1 Å². The van der Waals surface area contributed by atoms with Gasteiger partial charge in [0.2, 0.25) is 0 Å². The van der Waals surface area contributed by atoms with Crippen LogP contribution in [0.15, 0.2) is 0 Å². The average Bonchev–Trinajstić information content (AvgIpc) is 3.10. The first-order chi connectivity index (χ1) is 12.8. The van der Waals surface area contributed by atoms with Gasteiger partial charge in [0.15, 0.2) is 0 Å². The number of nitrogens with two attached hydrogens (primary N) is 3. The summed E-state index contributed by atoms with van der Waals surface area (Å²) in [5, 5.41) is 35.0. The molecule has 0 saturated carbocycles. The molecule has 0 spiro atoms. The number of carboxylic acid groups (broad SMARTS) is 4. The summed E-state index contributed by atoms with van der Waals surface area (Å²) in [6, 6.07) is -1.69. The lowest BCUT2D eigenvalue weighted by atomic mass is 10.1. The molecule has 0 radical (unpaired) electrons. The van der Waals surface area contributed by atoms with Crippen LogP contribution in [0.5, 0.6) is 0 Å². The van der Waals surface area contributed by atoms with Gasteiger partial charge in [-0.1, -0.05) is 13.8 Å². The maximum Gasteiger partial charge on any atom is 0.320 e. The van der Waals surface area contributed by atoms with Crippen LogP contribution in [0.25, 0.3) is 0 Å². The molecule has 12 heteroatoms. The van der Waals surface area contributed by atoms with Crippen molar-refractivity contribution in [1.29, 1.82) is 0 Å². The fourth-order valence-electron chi connectivity index (χ4n) is 1.50. The van der Waals surface area contributed by atoms with Crippen LogP contribution in [0.4, 0.5) is 0 Å². The summed E-state index contributed by atoms with van der Waals surface area (Å²) in [5.41, 5.74) is 14.6. The highest BCUT2D eigenvalue weighted by Crippen LogP contribution is 2.03. The summed E-state index contributed by atoms with van der Waals surface area (Å²) < 4.78 is 0. The lowest BCUT2D eigenvalue weighted by Gasteiger charge is -2.07. The Labute approximate surface area is 164 Å². The van der Waals surface area contributed by atoms with Gasteiger partial charge in [-0.25, -0.2) is 0 Å². The maximum atomic E-state index is 10.1. The zero-order valence-corrected chi connectivity index (χ0v) is 16.5. The number of rotatable bonds is 6. The Hall–Kier alpha value is -2.28. The van der Waals surface area contributed by atoms with E-state index >= 15 is 0 Å². The monoisotopic (exact) mass is 410 g/mol. The molecule has 1 aliphatic rings. The van der Waals surface area contributed by atoms with Crippen molar-refractivity contribution in [2.24, 2.45) is 23.1 Å². The second-order valence-electron chi connectivity index (χ2n) is 6.29. The van der Waals surface area contributed by atoms with Crippen LogP contribution in [-0.2, 0) is 19.2 Å². The smallest absolute Gasteiger partial charge is 0.320 e. The van der Waals surface area contributed by atoms with Crippen molar-refractivity contribution in [3.8, 4) is 0 Å². The van der Waals surface area contributed by atoms with Gasteiger partial charge in [0.05, 0.1) is 6.54 Å². The van der Waals surface area contributed by atoms with Gasteiger partial charge in [0.1, 0.15) is 18.1 Å². The van der Waals surface area contributed by atoms with Gasteiger partial charge in [-0.2, -0.15) is 0 Å². The summed E-state index contributed by atoms with van der Waals surface area (Å²) in [6.07, 6.45) is 2.33. The zero-order chi connectivity index (χ0) is 22.9. The van der Waals surface area contributed by atoms with Crippen LogP contribution in [0.2, 0.25) is 0 Å². The third kappa shape index (κ3) is 23.7. The van der Waals surface area contributed by atoms with E-state index in [1.54, 1.807) is 0 Å². The summed E-state index contributed by atoms with van der Waals surface area (Å²) in [4.78, 5) is 39.1. The Morgan fingerprint density at radius 1 is 1.00 bits per heavy atom. The van der Waals surface area contributed by atoms with Crippen LogP contribution in [0, 0.1) is 5.92 Å². The molecule has 12 nitrogen and oxygen atoms in total. The molecule has 0 amide bonds. The molecule has 1 rings (SSSR count). The lowest BCUT2D eigenvalue weighted by Crippen LogP contribution is -2.31. The lowest BCUT2D eigenvalue weighted by molar-refractivity contribution is -0.139. The highest BCUT2D eigenvalue weighted by atomic mass is 16.4. The first kappa shape index (κ1) is 30.4. The van der Waals surface area contributed by atoms with E-state index < -0.39 is 36.0 Å². The Morgan fingerprint density at radius 2 is 1.43 bits per heavy atom. The van der Waals surface area contributed by atoms with Gasteiger partial charge in [0.25, 0.3) is 0 Å². The Morgan fingerprint density at radius 3 is 1.54 bits per heavy atom. The normalized spacial score (nSPS) is 16.8. The van der Waals surface area contributed by atoms with Crippen LogP contribution in [0.3, 0.4) is 0 Å². The van der Waals surface area contributed by atoms with E-state index in [9.17, 15) is 19.2 Å². The van der Waals surface area contributed by atoms with Gasteiger partial charge in [-0.3, -0.25) is 19.2 Å². The topological polar surface area (TPSA) is 239 Å². The number of nitrogens with one attached hydrogen (secondary N) is 1. The van der Waals surface area contributed by atoms with E-state index in [-0.39, 0.29) is 12.6 Å². The fraction of sp³-hybridized carbons (Fsp3) is 0.750. The van der Waals surface area contributed by atoms with Crippen molar-refractivity contribution < 1.29 is 39.6 Å². The molecule has 3 atom stereocenters. The SMILES string of the molecule is CC(C)C[C@H](N)C(=O)O.C[C@H](N)C(=O)O.NCC(=O)O.O=C(O)[C@@H]1CCCN1. The van der Waals surface area contributed by atoms with Crippen molar-refractivity contribution in [1.82, 2.24) is 5.32 Å². The average molecular weight is 410 g/mol. The summed E-state index contributed by atoms with van der Waals surface area (Å²) >= 11 is 0. The molecular formula is C16H34N4O8. The molecule has 1 heterocycles. The number of carboxylic acids is 4. The third-order valence-electron chi connectivity index (χ3n) is 2.97. The highest BCUT2D eigenvalue weighted by Gasteiger charge is 2.20. The molecule has 0 bridgehead atoms. The predicted octanol–water partition coefficient (Wildman–Crippen LogP) is -1.28. The largest absolute Gasteiger partial charge is 0.480 e. The molecular weight excluding hydrogens is 376 g/mol. The number of hydrogen-bond acceptors (Lipinski definition) is 8. The van der Waals surface area contributed by atoms with Crippen LogP contribution < -0.4 is 22.5 Å². The zero-order valence-electron chi connectivity index (χ0n) is 16.5. The molecule has 1 aliphatic heterocycles. The minimum absolute atomic E-state index is 0.269. The number of aliphatic carboxylic acids is 4. The second kappa shape index (κ2) is 18.1. The Kier molecular flexibility index (Phi) is 19.7. The molecule has 0 aliphatic carbocycles. The standard InChI is InChI=1S/C6H13NO2.C5H9NO2.C3H7NO2.C2H5NO2/c1-4(2)3-5(7)6(8)9;7-5(8)4-2-1-3-6-4;1-2(4)3(5)6;3-1-2(4)5/h4-5H,3,7H2,1-2H3,(H,8,9);4,6H,1-3H2,(H,7,8);2H,4H2,1H3,(H,5,6);1,3H2,(H,4,5)/t5-;4-;2-;/m000./s1. The minimum Gasteiger partial charge on any atom is -0.480 e. The third-order valence-corrected chi connectivity index (χ3v) is 2.97. The predicted molar refractivity (Wildman–Crippen MR) is 102 cm³/mol. The van der Waals surface area contributed by atoms with Crippen molar-refractivity contribution in [2.45, 2.75) is 58.2 Å². The van der Waals surface area contributed by atoms with Crippen molar-refractivity contribution in [3.63, 3.8) is 0 Å². The van der Waals surface area contributed by atoms with E-state index in [1.165, 1.54) is 6.92 Å². The highest BCUT2D eigenvalue weighted by molar-refractivity contribution is 5.74. The van der Waals surface area contributed by atoms with Gasteiger partial charge >= 0.3 is 23.9 Å². The van der Waals surface area contributed by atoms with Gasteiger partial charge in [0, 0.05) is 0 Å². The van der Waals surface area contributed by atoms with Gasteiger partial charge in [-0.15, -0.1) is 0 Å². The molecule has 1 fully saturated rings. The molecule has 0 aromatic carbocycles. The molecule has 0 unspecified atom stereocenters. The van der Waals surface area contributed by atoms with E-state index in [1.807, 2.05) is 13.8 Å². The summed E-state index contributed by atoms with van der Waals surface area (Å²) in [7, 11) is 0. The molecule has 28 heavy (non-hydrogen) atoms. The number of hydrogen-bond donors (Lipinski definition) is 8. The van der Waals surface area contributed by atoms with Crippen molar-refractivity contribution in [3.05, 3.63) is 0 Å². The molecule has 0 aromatic heterocycles. The molecule has 11 N–H and O–H groups in total. The Bertz CT molecular complexity index is 466. The van der Waals surface area contributed by atoms with Crippen LogP contribution in [0.1, 0.15) is 40.0 Å².